The molecule has 23 heavy (non-hydrogen) atoms. The van der Waals surface area contributed by atoms with Gasteiger partial charge in [-0.3, -0.25) is 0 Å². The van der Waals surface area contributed by atoms with E-state index in [2.05, 4.69) is 46.7 Å². The summed E-state index contributed by atoms with van der Waals surface area (Å²) in [6.45, 7) is 6.23. The number of aromatic nitrogens is 5. The van der Waals surface area contributed by atoms with Crippen LogP contribution in [0.2, 0.25) is 5.02 Å². The summed E-state index contributed by atoms with van der Waals surface area (Å²) < 4.78 is 1.83. The van der Waals surface area contributed by atoms with Crippen molar-refractivity contribution in [1.29, 1.82) is 0 Å². The van der Waals surface area contributed by atoms with Gasteiger partial charge in [-0.1, -0.05) is 41.6 Å². The average molecular weight is 366 g/mol. The molecule has 5 nitrogen and oxygen atoms in total. The zero-order valence-corrected chi connectivity index (χ0v) is 15.4. The van der Waals surface area contributed by atoms with E-state index >= 15 is 0 Å². The normalized spacial score (nSPS) is 11.8. The van der Waals surface area contributed by atoms with E-state index in [1.54, 1.807) is 23.1 Å². The van der Waals surface area contributed by atoms with E-state index in [9.17, 15) is 0 Å². The van der Waals surface area contributed by atoms with Crippen molar-refractivity contribution in [2.45, 2.75) is 37.2 Å². The first-order valence-corrected chi connectivity index (χ1v) is 9.30. The summed E-state index contributed by atoms with van der Waals surface area (Å²) in [6, 6.07) is 7.75. The van der Waals surface area contributed by atoms with Crippen LogP contribution in [0.25, 0.3) is 10.6 Å². The summed E-state index contributed by atoms with van der Waals surface area (Å²) in [6.07, 6.45) is 0. The second-order valence-electron chi connectivity index (χ2n) is 5.96. The molecule has 0 spiro atoms. The van der Waals surface area contributed by atoms with Gasteiger partial charge >= 0.3 is 0 Å². The SMILES string of the molecule is CC(C)(C)n1nnnc1SCc1csc(-c2ccccc2Cl)n1. The standard InChI is InChI=1S/C15H16ClN5S2/c1-15(2,3)21-14(18-19-20-21)23-9-10-8-22-13(17-10)11-6-4-5-7-12(11)16/h4-8H,9H2,1-3H3. The van der Waals surface area contributed by atoms with Gasteiger partial charge in [0, 0.05) is 16.7 Å². The highest BCUT2D eigenvalue weighted by Crippen LogP contribution is 2.32. The Kier molecular flexibility index (Phi) is 4.70. The fourth-order valence-corrected chi connectivity index (χ4v) is 4.16. The number of hydrogen-bond donors (Lipinski definition) is 0. The Hall–Kier alpha value is -1.44. The molecule has 0 unspecified atom stereocenters. The minimum atomic E-state index is -0.142. The Labute approximate surface area is 148 Å². The lowest BCUT2D eigenvalue weighted by Crippen LogP contribution is -2.24. The number of thiazole rings is 1. The number of benzene rings is 1. The molecule has 0 saturated carbocycles. The molecule has 0 amide bonds. The van der Waals surface area contributed by atoms with Crippen LogP contribution >= 0.6 is 34.7 Å². The lowest BCUT2D eigenvalue weighted by Gasteiger charge is -2.19. The fourth-order valence-electron chi connectivity index (χ4n) is 1.96. The molecule has 0 N–H and O–H groups in total. The van der Waals surface area contributed by atoms with Crippen LogP contribution in [0.5, 0.6) is 0 Å². The average Bonchev–Trinajstić information content (AvgIpc) is 3.14. The summed E-state index contributed by atoms with van der Waals surface area (Å²) in [7, 11) is 0. The van der Waals surface area contributed by atoms with E-state index in [0.29, 0.717) is 0 Å². The maximum Gasteiger partial charge on any atom is 0.210 e. The summed E-state index contributed by atoms with van der Waals surface area (Å²) in [5, 5.41) is 16.4. The highest BCUT2D eigenvalue weighted by Gasteiger charge is 2.20. The third-order valence-electron chi connectivity index (χ3n) is 3.08. The summed E-state index contributed by atoms with van der Waals surface area (Å²) in [5.74, 6) is 0.720. The van der Waals surface area contributed by atoms with Gasteiger partial charge in [0.25, 0.3) is 0 Å². The number of nitrogens with zero attached hydrogens (tertiary/aromatic N) is 5. The first-order valence-electron chi connectivity index (χ1n) is 7.06. The first-order chi connectivity index (χ1) is 10.9. The van der Waals surface area contributed by atoms with E-state index < -0.39 is 0 Å². The molecular formula is C15H16ClN5S2. The van der Waals surface area contributed by atoms with Crippen LogP contribution in [0.1, 0.15) is 26.5 Å². The van der Waals surface area contributed by atoms with E-state index in [1.807, 2.05) is 28.9 Å². The van der Waals surface area contributed by atoms with Gasteiger partial charge in [-0.2, -0.15) is 0 Å². The van der Waals surface area contributed by atoms with Gasteiger partial charge in [-0.25, -0.2) is 9.67 Å². The van der Waals surface area contributed by atoms with Crippen molar-refractivity contribution in [2.75, 3.05) is 0 Å². The topological polar surface area (TPSA) is 56.5 Å². The molecule has 3 aromatic rings. The van der Waals surface area contributed by atoms with Gasteiger partial charge in [0.05, 0.1) is 16.3 Å². The number of tetrazole rings is 1. The maximum absolute atomic E-state index is 6.23. The molecule has 0 aliphatic rings. The Morgan fingerprint density at radius 1 is 1.26 bits per heavy atom. The molecule has 8 heteroatoms. The van der Waals surface area contributed by atoms with Crippen LogP contribution in [0.4, 0.5) is 0 Å². The van der Waals surface area contributed by atoms with Gasteiger partial charge in [0.1, 0.15) is 5.01 Å². The number of thioether (sulfide) groups is 1. The summed E-state index contributed by atoms with van der Waals surface area (Å²) in [5.41, 5.74) is 1.82. The molecule has 1 aromatic carbocycles. The van der Waals surface area contributed by atoms with Gasteiger partial charge in [0.15, 0.2) is 0 Å². The number of hydrogen-bond acceptors (Lipinski definition) is 6. The molecule has 0 aliphatic carbocycles. The van der Waals surface area contributed by atoms with Crippen LogP contribution in [0.15, 0.2) is 34.8 Å². The Morgan fingerprint density at radius 3 is 2.78 bits per heavy atom. The molecule has 0 saturated heterocycles. The first kappa shape index (κ1) is 16.4. The van der Waals surface area contributed by atoms with E-state index in [4.69, 9.17) is 11.6 Å². The van der Waals surface area contributed by atoms with Crippen molar-refractivity contribution in [3.63, 3.8) is 0 Å². The van der Waals surface area contributed by atoms with Gasteiger partial charge < -0.3 is 0 Å². The van der Waals surface area contributed by atoms with Gasteiger partial charge in [-0.15, -0.1) is 16.4 Å². The molecule has 0 atom stereocenters. The molecule has 0 bridgehead atoms. The fraction of sp³-hybridized carbons (Fsp3) is 0.333. The smallest absolute Gasteiger partial charge is 0.210 e. The Balaban J connectivity index is 1.74. The minimum absolute atomic E-state index is 0.142. The third kappa shape index (κ3) is 3.73. The predicted molar refractivity (Wildman–Crippen MR) is 94.9 cm³/mol. The second-order valence-corrected chi connectivity index (χ2v) is 8.16. The summed E-state index contributed by atoms with van der Waals surface area (Å²) in [4.78, 5) is 4.67. The third-order valence-corrected chi connectivity index (χ3v) is 5.29. The van der Waals surface area contributed by atoms with Crippen LogP contribution in [-0.2, 0) is 11.3 Å². The van der Waals surface area contributed by atoms with Crippen LogP contribution < -0.4 is 0 Å². The molecule has 0 radical (unpaired) electrons. The van der Waals surface area contributed by atoms with E-state index in [-0.39, 0.29) is 5.54 Å². The highest BCUT2D eigenvalue weighted by atomic mass is 35.5. The lowest BCUT2D eigenvalue weighted by molar-refractivity contribution is 0.321. The highest BCUT2D eigenvalue weighted by molar-refractivity contribution is 7.98. The van der Waals surface area contributed by atoms with Crippen molar-refractivity contribution in [1.82, 2.24) is 25.2 Å². The van der Waals surface area contributed by atoms with Gasteiger partial charge in [0.2, 0.25) is 5.16 Å². The molecule has 0 aliphatic heterocycles. The van der Waals surface area contributed by atoms with Gasteiger partial charge in [-0.05, 0) is 37.3 Å². The van der Waals surface area contributed by atoms with Crippen molar-refractivity contribution < 1.29 is 0 Å². The molecule has 0 fully saturated rings. The minimum Gasteiger partial charge on any atom is -0.240 e. The van der Waals surface area contributed by atoms with Crippen LogP contribution in [-0.4, -0.2) is 25.2 Å². The monoisotopic (exact) mass is 365 g/mol. The largest absolute Gasteiger partial charge is 0.240 e. The molecular weight excluding hydrogens is 350 g/mol. The molecule has 2 aromatic heterocycles. The second kappa shape index (κ2) is 6.59. The maximum atomic E-state index is 6.23. The van der Waals surface area contributed by atoms with Crippen molar-refractivity contribution in [2.24, 2.45) is 0 Å². The van der Waals surface area contributed by atoms with Crippen molar-refractivity contribution >= 4 is 34.7 Å². The number of rotatable bonds is 4. The Morgan fingerprint density at radius 2 is 2.04 bits per heavy atom. The number of halogens is 1. The van der Waals surface area contributed by atoms with Crippen LogP contribution in [0, 0.1) is 0 Å². The molecule has 2 heterocycles. The predicted octanol–water partition coefficient (Wildman–Crippen LogP) is 4.50. The van der Waals surface area contributed by atoms with Crippen molar-refractivity contribution in [3.8, 4) is 10.6 Å². The molecule has 3 rings (SSSR count). The quantitative estimate of drug-likeness (QED) is 0.637. The van der Waals surface area contributed by atoms with Crippen LogP contribution in [0.3, 0.4) is 0 Å². The molecule has 120 valence electrons. The Bertz CT molecular complexity index is 806. The summed E-state index contributed by atoms with van der Waals surface area (Å²) >= 11 is 9.41. The zero-order valence-electron chi connectivity index (χ0n) is 13.0. The zero-order chi connectivity index (χ0) is 16.4. The van der Waals surface area contributed by atoms with E-state index in [1.165, 1.54) is 0 Å². The van der Waals surface area contributed by atoms with E-state index in [0.717, 1.165) is 32.2 Å². The lowest BCUT2D eigenvalue weighted by atomic mass is 10.1. The van der Waals surface area contributed by atoms with Crippen molar-refractivity contribution in [3.05, 3.63) is 40.4 Å².